The molecule has 0 fully saturated rings. The van der Waals surface area contributed by atoms with Gasteiger partial charge in [0.05, 0.1) is 63.6 Å². The summed E-state index contributed by atoms with van der Waals surface area (Å²) in [7, 11) is 0. The first-order valence-corrected chi connectivity index (χ1v) is 19.9. The number of alkyl carbamates (subject to hydrolysis) is 1. The summed E-state index contributed by atoms with van der Waals surface area (Å²) in [5.74, 6) is -7.33. The van der Waals surface area contributed by atoms with Gasteiger partial charge in [-0.05, 0) is 38.8 Å². The molecule has 1 aromatic carbocycles. The molecule has 0 unspecified atom stereocenters. The van der Waals surface area contributed by atoms with E-state index in [1.165, 1.54) is 4.68 Å². The predicted molar refractivity (Wildman–Crippen MR) is 205 cm³/mol. The topological polar surface area (TPSA) is 265 Å². The summed E-state index contributed by atoms with van der Waals surface area (Å²) in [6, 6.07) is -0.364. The summed E-state index contributed by atoms with van der Waals surface area (Å²) in [5, 5.41) is 60.9. The molecular weight excluding hydrogens is 874 g/mol. The zero-order chi connectivity index (χ0) is 47.4. The number of hydrogen-bond acceptors (Lipinski definition) is 16. The van der Waals surface area contributed by atoms with Crippen molar-refractivity contribution >= 4 is 18.0 Å². The number of halogens is 6. The Bertz CT molecular complexity index is 2020. The molecule has 26 heteroatoms. The third-order valence-corrected chi connectivity index (χ3v) is 9.37. The maximum Gasteiger partial charge on any atom is 0.449 e. The second-order valence-corrected chi connectivity index (χ2v) is 15.6. The molecule has 2 amide bonds. The molecular formula is C38H52F6N8O12. The van der Waals surface area contributed by atoms with Crippen LogP contribution in [-0.2, 0) is 62.5 Å². The number of aliphatic hydroxyl groups is 5. The van der Waals surface area contributed by atoms with Gasteiger partial charge in [0.2, 0.25) is 11.7 Å². The summed E-state index contributed by atoms with van der Waals surface area (Å²) in [5.41, 5.74) is -1.86. The van der Waals surface area contributed by atoms with E-state index in [4.69, 9.17) is 24.1 Å². The number of aromatic nitrogens is 5. The summed E-state index contributed by atoms with van der Waals surface area (Å²) >= 11 is 0. The fraction of sp³-hybridized carbons (Fsp3) is 0.632. The quantitative estimate of drug-likeness (QED) is 0.0290. The van der Waals surface area contributed by atoms with E-state index in [0.717, 1.165) is 9.47 Å². The van der Waals surface area contributed by atoms with Crippen molar-refractivity contribution in [3.8, 4) is 0 Å². The number of rotatable bonds is 23. The highest BCUT2D eigenvalue weighted by Gasteiger charge is 2.42. The van der Waals surface area contributed by atoms with Crippen LogP contribution in [0.3, 0.4) is 0 Å². The zero-order valence-electron chi connectivity index (χ0n) is 35.1. The minimum Gasteiger partial charge on any atom is -0.458 e. The predicted octanol–water partition coefficient (Wildman–Crippen LogP) is 0.195. The number of benzene rings is 1. The van der Waals surface area contributed by atoms with Gasteiger partial charge in [0.15, 0.2) is 17.3 Å². The van der Waals surface area contributed by atoms with Crippen molar-refractivity contribution in [2.75, 3.05) is 52.7 Å². The normalized spacial score (nSPS) is 15.6. The average Bonchev–Trinajstić information content (AvgIpc) is 3.85. The largest absolute Gasteiger partial charge is 0.458 e. The van der Waals surface area contributed by atoms with Gasteiger partial charge < -0.3 is 64.6 Å². The fourth-order valence-electron chi connectivity index (χ4n) is 6.24. The summed E-state index contributed by atoms with van der Waals surface area (Å²) in [6.45, 7) is 2.67. The Balaban J connectivity index is 1.24. The van der Waals surface area contributed by atoms with E-state index in [1.54, 1.807) is 27.0 Å². The van der Waals surface area contributed by atoms with Crippen LogP contribution in [0.15, 0.2) is 18.3 Å². The number of fused-ring (bicyclic) bond motifs is 1. The highest BCUT2D eigenvalue weighted by molar-refractivity contribution is 5.89. The Labute approximate surface area is 362 Å². The van der Waals surface area contributed by atoms with Gasteiger partial charge in [-0.1, -0.05) is 5.21 Å². The van der Waals surface area contributed by atoms with Crippen LogP contribution in [0.1, 0.15) is 60.5 Å². The van der Waals surface area contributed by atoms with E-state index in [9.17, 15) is 61.2 Å². The van der Waals surface area contributed by atoms with Crippen LogP contribution in [0.25, 0.3) is 0 Å². The van der Waals surface area contributed by atoms with Crippen molar-refractivity contribution in [3.63, 3.8) is 0 Å². The number of nitrogens with one attached hydrogen (secondary N) is 2. The summed E-state index contributed by atoms with van der Waals surface area (Å²) < 4.78 is 108. The van der Waals surface area contributed by atoms with Gasteiger partial charge in [-0.3, -0.25) is 4.79 Å². The molecule has 64 heavy (non-hydrogen) atoms. The molecule has 2 aromatic heterocycles. The van der Waals surface area contributed by atoms with E-state index in [-0.39, 0.29) is 70.5 Å². The number of alkyl halides is 3. The lowest BCUT2D eigenvalue weighted by atomic mass is 10.0. The fourth-order valence-corrected chi connectivity index (χ4v) is 6.24. The van der Waals surface area contributed by atoms with Gasteiger partial charge in [0.25, 0.3) is 0 Å². The Morgan fingerprint density at radius 2 is 1.55 bits per heavy atom. The highest BCUT2D eigenvalue weighted by Crippen LogP contribution is 2.33. The Morgan fingerprint density at radius 3 is 2.22 bits per heavy atom. The number of aliphatic hydroxyl groups excluding tert-OH is 5. The Kier molecular flexibility index (Phi) is 18.8. The van der Waals surface area contributed by atoms with Gasteiger partial charge in [0, 0.05) is 50.9 Å². The molecule has 5 atom stereocenters. The second kappa shape index (κ2) is 23.3. The van der Waals surface area contributed by atoms with Gasteiger partial charge in [-0.15, -0.1) is 5.10 Å². The van der Waals surface area contributed by atoms with Crippen molar-refractivity contribution in [2.45, 2.75) is 102 Å². The molecule has 0 radical (unpaired) electrons. The lowest BCUT2D eigenvalue weighted by molar-refractivity contribution is -0.148. The van der Waals surface area contributed by atoms with Gasteiger partial charge in [0.1, 0.15) is 36.3 Å². The highest BCUT2D eigenvalue weighted by atomic mass is 19.4. The third kappa shape index (κ3) is 15.3. The van der Waals surface area contributed by atoms with E-state index in [0.29, 0.717) is 17.8 Å². The van der Waals surface area contributed by atoms with Crippen molar-refractivity contribution in [1.29, 1.82) is 0 Å². The zero-order valence-corrected chi connectivity index (χ0v) is 35.1. The molecule has 358 valence electrons. The van der Waals surface area contributed by atoms with Crippen LogP contribution in [0.4, 0.5) is 31.1 Å². The van der Waals surface area contributed by atoms with E-state index < -0.39 is 122 Å². The summed E-state index contributed by atoms with van der Waals surface area (Å²) in [6.07, 6.45) is -12.0. The monoisotopic (exact) mass is 926 g/mol. The Morgan fingerprint density at radius 1 is 0.891 bits per heavy atom. The number of esters is 1. The summed E-state index contributed by atoms with van der Waals surface area (Å²) in [4.78, 5) is 43.8. The van der Waals surface area contributed by atoms with Gasteiger partial charge in [-0.25, -0.2) is 32.4 Å². The minimum atomic E-state index is -4.98. The first kappa shape index (κ1) is 51.7. The molecule has 0 spiro atoms. The third-order valence-electron chi connectivity index (χ3n) is 9.37. The van der Waals surface area contributed by atoms with Crippen LogP contribution < -0.4 is 10.6 Å². The van der Waals surface area contributed by atoms with E-state index in [2.05, 4.69) is 25.9 Å². The first-order valence-electron chi connectivity index (χ1n) is 19.9. The second-order valence-electron chi connectivity index (χ2n) is 15.6. The molecule has 3 heterocycles. The van der Waals surface area contributed by atoms with Crippen LogP contribution in [0, 0.1) is 17.5 Å². The van der Waals surface area contributed by atoms with Crippen molar-refractivity contribution in [3.05, 3.63) is 64.3 Å². The minimum absolute atomic E-state index is 0.0456. The van der Waals surface area contributed by atoms with Crippen molar-refractivity contribution < 1.29 is 85.2 Å². The molecule has 1 aliphatic rings. The lowest BCUT2D eigenvalue weighted by Crippen LogP contribution is -2.48. The number of amides is 2. The standard InChI is InChI=1S/C38H52F6N8O12/c1-37(2,3)64-36(60)46-22(12-21-13-25(40)26(41)15-24(21)39)14-30(56)50-4-5-52-27(19-50)31(47-35(52)38(42,43)44)34(59)63-11-10-62-9-8-61-7-6-51-18-23(48-49-51)16-45-17-28(54)32(57)33(58)29(55)20-53/h13,15,18,22,28-29,32-33,45,53-55,57-58H,4-12,14,16-17,19-20H2,1-3H3,(H,46,60)/t22-,28+,29-,32-,33-/m1/s1. The molecule has 7 N–H and O–H groups in total. The van der Waals surface area contributed by atoms with Gasteiger partial charge >= 0.3 is 18.2 Å². The maximum atomic E-state index is 14.6. The molecule has 4 rings (SSSR count). The van der Waals surface area contributed by atoms with Crippen LogP contribution in [-0.4, -0.2) is 162 Å². The van der Waals surface area contributed by atoms with E-state index >= 15 is 0 Å². The number of carbonyl (C=O) groups excluding carboxylic acids is 3. The molecule has 0 saturated carbocycles. The van der Waals surface area contributed by atoms with Crippen molar-refractivity contribution in [1.82, 2.24) is 40.1 Å². The molecule has 0 saturated heterocycles. The molecule has 0 aliphatic carbocycles. The molecule has 3 aromatic rings. The van der Waals surface area contributed by atoms with Crippen LogP contribution in [0.5, 0.6) is 0 Å². The molecule has 0 bridgehead atoms. The number of hydrogen-bond donors (Lipinski definition) is 7. The lowest BCUT2D eigenvalue weighted by Gasteiger charge is -2.31. The maximum absolute atomic E-state index is 14.6. The number of nitrogens with zero attached hydrogens (tertiary/aromatic N) is 6. The van der Waals surface area contributed by atoms with Crippen LogP contribution in [0.2, 0.25) is 0 Å². The smallest absolute Gasteiger partial charge is 0.449 e. The number of imidazole rings is 1. The number of ether oxygens (including phenoxy) is 4. The molecule has 20 nitrogen and oxygen atoms in total. The number of carbonyl (C=O) groups is 3. The van der Waals surface area contributed by atoms with Gasteiger partial charge in [-0.2, -0.15) is 13.2 Å². The van der Waals surface area contributed by atoms with Crippen molar-refractivity contribution in [2.24, 2.45) is 0 Å². The van der Waals surface area contributed by atoms with Crippen LogP contribution >= 0.6 is 0 Å². The Hall–Kier alpha value is -4.96. The van der Waals surface area contributed by atoms with E-state index in [1.807, 2.05) is 0 Å². The average molecular weight is 927 g/mol. The molecule has 1 aliphatic heterocycles. The SMILES string of the molecule is CC(C)(C)OC(=O)N[C@@H](CC(=O)N1CCn2c(C(F)(F)F)nc(C(=O)OCCOCCOCCn3cc(CNC[C@H](O)[C@@H](O)[C@H](O)[C@H](O)CO)nn3)c2C1)Cc1cc(F)c(F)cc1F. The first-order chi connectivity index (χ1) is 30.1.